The minimum Gasteiger partial charge on any atom is -0.471 e. The van der Waals surface area contributed by atoms with E-state index < -0.39 is 18.1 Å². The van der Waals surface area contributed by atoms with Crippen LogP contribution in [0.25, 0.3) is 0 Å². The lowest BCUT2D eigenvalue weighted by Crippen LogP contribution is -2.44. The predicted octanol–water partition coefficient (Wildman–Crippen LogP) is -3.25. The summed E-state index contributed by atoms with van der Waals surface area (Å²) in [6.45, 7) is 5.70. The van der Waals surface area contributed by atoms with E-state index in [0.29, 0.717) is 0 Å². The van der Waals surface area contributed by atoms with Gasteiger partial charge in [0.2, 0.25) is 9.04 Å². The van der Waals surface area contributed by atoms with Gasteiger partial charge in [-0.25, -0.2) is 0 Å². The van der Waals surface area contributed by atoms with Gasteiger partial charge in [-0.2, -0.15) is 0 Å². The van der Waals surface area contributed by atoms with Crippen LogP contribution in [0.15, 0.2) is 72.9 Å². The van der Waals surface area contributed by atoms with Crippen LogP contribution in [-0.2, 0) is 12.3 Å². The van der Waals surface area contributed by atoms with E-state index in [1.165, 1.54) is 10.4 Å². The van der Waals surface area contributed by atoms with Gasteiger partial charge in [-0.3, -0.25) is 0 Å². The number of benzene rings is 2. The SMILES string of the molecule is C=C[SiH](C)O[SiH3].[SiH3]O[SiH3].[SiH3]O[SiH](c1ccccc1)c1ccccc1. The molecule has 2 rings (SSSR count). The first-order valence-corrected chi connectivity index (χ1v) is 15.0. The zero-order chi connectivity index (χ0) is 18.2. The van der Waals surface area contributed by atoms with Crippen LogP contribution in [0.5, 0.6) is 0 Å². The average Bonchev–Trinajstić information content (AvgIpc) is 2.65. The van der Waals surface area contributed by atoms with Gasteiger partial charge in [0.05, 0.1) is 0 Å². The zero-order valence-corrected chi connectivity index (χ0v) is 25.7. The summed E-state index contributed by atoms with van der Waals surface area (Å²) in [5.41, 5.74) is 1.92. The van der Waals surface area contributed by atoms with Crippen molar-refractivity contribution < 1.29 is 12.3 Å². The smallest absolute Gasteiger partial charge is 0.227 e. The normalized spacial score (nSPS) is 11.2. The molecule has 24 heavy (non-hydrogen) atoms. The van der Waals surface area contributed by atoms with Gasteiger partial charge in [-0.15, -0.1) is 6.58 Å². The molecule has 9 heteroatoms. The highest BCUT2D eigenvalue weighted by atomic mass is 28.3. The van der Waals surface area contributed by atoms with Gasteiger partial charge in [0.1, 0.15) is 41.9 Å². The van der Waals surface area contributed by atoms with Crippen molar-refractivity contribution in [3.63, 3.8) is 0 Å². The summed E-state index contributed by atoms with van der Waals surface area (Å²) in [5, 5.41) is 2.72. The highest BCUT2D eigenvalue weighted by Crippen LogP contribution is 1.92. The monoisotopic (exact) mass is 426 g/mol. The summed E-state index contributed by atoms with van der Waals surface area (Å²) in [6, 6.07) is 21.1. The summed E-state index contributed by atoms with van der Waals surface area (Å²) in [5.74, 6) is 0. The van der Waals surface area contributed by atoms with E-state index in [0.717, 1.165) is 41.9 Å². The summed E-state index contributed by atoms with van der Waals surface area (Å²) in [6.07, 6.45) is 0. The maximum absolute atomic E-state index is 5.80. The van der Waals surface area contributed by atoms with Crippen LogP contribution in [0.4, 0.5) is 0 Å². The van der Waals surface area contributed by atoms with E-state index in [-0.39, 0.29) is 0 Å². The van der Waals surface area contributed by atoms with Crippen molar-refractivity contribution in [3.05, 3.63) is 72.9 Å². The molecule has 0 amide bonds. The first-order valence-electron chi connectivity index (χ1n) is 7.82. The largest absolute Gasteiger partial charge is 0.471 e. The third-order valence-corrected chi connectivity index (χ3v) is 10.6. The van der Waals surface area contributed by atoms with Crippen molar-refractivity contribution in [3.8, 4) is 0 Å². The summed E-state index contributed by atoms with van der Waals surface area (Å²) in [7, 11) is 1.33. The maximum Gasteiger partial charge on any atom is 0.227 e. The Morgan fingerprint density at radius 2 is 1.17 bits per heavy atom. The fourth-order valence-electron chi connectivity index (χ4n) is 1.82. The molecule has 0 N–H and O–H groups in total. The lowest BCUT2D eigenvalue weighted by molar-refractivity contribution is 0.653. The van der Waals surface area contributed by atoms with Crippen molar-refractivity contribution in [2.45, 2.75) is 6.55 Å². The lowest BCUT2D eigenvalue weighted by atomic mass is 10.4. The minimum atomic E-state index is -1.37. The first-order chi connectivity index (χ1) is 11.6. The van der Waals surface area contributed by atoms with Gasteiger partial charge in [-0.1, -0.05) is 66.4 Å². The van der Waals surface area contributed by atoms with Crippen LogP contribution in [0.1, 0.15) is 0 Å². The van der Waals surface area contributed by atoms with E-state index in [2.05, 4.69) is 65.8 Å². The molecular formula is C15H30O3Si6. The Hall–Kier alpha value is -0.639. The van der Waals surface area contributed by atoms with Crippen LogP contribution >= 0.6 is 0 Å². The summed E-state index contributed by atoms with van der Waals surface area (Å²) < 4.78 is 15.4. The molecule has 0 aliphatic carbocycles. The second kappa shape index (κ2) is 15.9. The Balaban J connectivity index is 0.000000495. The van der Waals surface area contributed by atoms with Crippen LogP contribution in [-0.4, -0.2) is 60.0 Å². The van der Waals surface area contributed by atoms with Crippen molar-refractivity contribution in [1.82, 2.24) is 0 Å². The van der Waals surface area contributed by atoms with Gasteiger partial charge >= 0.3 is 0 Å². The predicted molar refractivity (Wildman–Crippen MR) is 126 cm³/mol. The Labute approximate surface area is 162 Å². The topological polar surface area (TPSA) is 27.7 Å². The highest BCUT2D eigenvalue weighted by molar-refractivity contribution is 6.81. The molecule has 0 aromatic heterocycles. The van der Waals surface area contributed by atoms with Gasteiger partial charge in [0.15, 0.2) is 9.04 Å². The molecule has 1 unspecified atom stereocenters. The number of rotatable bonds is 5. The molecule has 0 saturated carbocycles. The number of hydrogen-bond donors (Lipinski definition) is 0. The van der Waals surface area contributed by atoms with Crippen molar-refractivity contribution in [2.24, 2.45) is 0 Å². The molecular weight excluding hydrogens is 397 g/mol. The van der Waals surface area contributed by atoms with E-state index in [1.54, 1.807) is 0 Å². The molecule has 0 spiro atoms. The quantitative estimate of drug-likeness (QED) is 0.470. The number of hydrogen-bond acceptors (Lipinski definition) is 3. The minimum absolute atomic E-state index is 0.804. The third kappa shape index (κ3) is 10.3. The van der Waals surface area contributed by atoms with E-state index in [9.17, 15) is 0 Å². The molecule has 0 heterocycles. The molecule has 0 aliphatic heterocycles. The Kier molecular flexibility index (Phi) is 15.4. The van der Waals surface area contributed by atoms with E-state index in [4.69, 9.17) is 8.23 Å². The fraction of sp³-hybridized carbons (Fsp3) is 0.0667. The molecule has 2 aromatic rings. The summed E-state index contributed by atoms with van der Waals surface area (Å²) >= 11 is 0. The van der Waals surface area contributed by atoms with E-state index in [1.807, 2.05) is 17.8 Å². The lowest BCUT2D eigenvalue weighted by Gasteiger charge is -2.14. The second-order valence-electron chi connectivity index (χ2n) is 5.02. The Bertz CT molecular complexity index is 490. The molecule has 0 saturated heterocycles. The third-order valence-electron chi connectivity index (χ3n) is 3.14. The van der Waals surface area contributed by atoms with Gasteiger partial charge in [0.25, 0.3) is 0 Å². The van der Waals surface area contributed by atoms with Crippen LogP contribution in [0.3, 0.4) is 0 Å². The molecule has 0 fully saturated rings. The van der Waals surface area contributed by atoms with Crippen molar-refractivity contribution in [1.29, 1.82) is 0 Å². The Morgan fingerprint density at radius 1 is 0.792 bits per heavy atom. The summed E-state index contributed by atoms with van der Waals surface area (Å²) in [4.78, 5) is 0. The van der Waals surface area contributed by atoms with Crippen molar-refractivity contribution in [2.75, 3.05) is 0 Å². The molecule has 0 radical (unpaired) electrons. The molecule has 0 aliphatic rings. The zero-order valence-electron chi connectivity index (χ0n) is 15.4. The Morgan fingerprint density at radius 3 is 1.38 bits per heavy atom. The van der Waals surface area contributed by atoms with Crippen LogP contribution in [0.2, 0.25) is 6.55 Å². The average molecular weight is 427 g/mol. The molecule has 1 atom stereocenters. The van der Waals surface area contributed by atoms with Gasteiger partial charge in [0, 0.05) is 0 Å². The highest BCUT2D eigenvalue weighted by Gasteiger charge is 2.14. The maximum atomic E-state index is 5.80. The molecule has 3 nitrogen and oxygen atoms in total. The van der Waals surface area contributed by atoms with Gasteiger partial charge < -0.3 is 12.3 Å². The van der Waals surface area contributed by atoms with Gasteiger partial charge in [-0.05, 0) is 16.9 Å². The molecule has 2 aromatic carbocycles. The van der Waals surface area contributed by atoms with E-state index >= 15 is 0 Å². The second-order valence-corrected chi connectivity index (χ2v) is 16.0. The standard InChI is InChI=1S/C12H14OSi2.C3H10OSi2.H6OSi2/c14-13-15(11-7-3-1-4-8-11)12-9-5-2-6-10-12;1-3-6(2)4-5;2-1-3/h1-10,15H,14H3;3,6H,1H2,2,5H3;2-3H3. The van der Waals surface area contributed by atoms with Crippen LogP contribution in [0, 0.1) is 0 Å². The molecule has 0 bridgehead atoms. The first kappa shape index (κ1) is 23.4. The molecule has 132 valence electrons. The van der Waals surface area contributed by atoms with Crippen molar-refractivity contribution >= 4 is 70.4 Å². The fourth-order valence-corrected chi connectivity index (χ4v) is 6.29. The van der Waals surface area contributed by atoms with Crippen LogP contribution < -0.4 is 10.4 Å².